The van der Waals surface area contributed by atoms with Crippen molar-refractivity contribution in [3.8, 4) is 66.8 Å². The predicted molar refractivity (Wildman–Crippen MR) is 255 cm³/mol. The van der Waals surface area contributed by atoms with Gasteiger partial charge in [0.15, 0.2) is 0 Å². The fraction of sp³-hybridized carbons (Fsp3) is 0. The second kappa shape index (κ2) is 14.0. The van der Waals surface area contributed by atoms with E-state index in [4.69, 9.17) is 4.42 Å². The van der Waals surface area contributed by atoms with Crippen LogP contribution in [0.2, 0.25) is 0 Å². The lowest BCUT2D eigenvalue weighted by Crippen LogP contribution is -2.47. The first-order valence-corrected chi connectivity index (χ1v) is 19.3. The molecule has 0 unspecified atom stereocenters. The summed E-state index contributed by atoms with van der Waals surface area (Å²) in [4.78, 5) is 0. The Morgan fingerprint density at radius 3 is 1.09 bits per heavy atom. The minimum Gasteiger partial charge on any atom is -0.457 e. The molecular formula is C48H38B6O. The number of hydrogen-bond acceptors (Lipinski definition) is 1. The summed E-state index contributed by atoms with van der Waals surface area (Å²) in [6.45, 7) is 0. The molecule has 1 aromatic heterocycles. The largest absolute Gasteiger partial charge is 0.457 e. The molecule has 0 aliphatic rings. The molecule has 0 N–H and O–H groups in total. The first kappa shape index (κ1) is 34.7. The molecule has 0 atom stereocenters. The van der Waals surface area contributed by atoms with Gasteiger partial charge in [-0.1, -0.05) is 161 Å². The summed E-state index contributed by atoms with van der Waals surface area (Å²) < 4.78 is 7.05. The average molecular weight is 696 g/mol. The van der Waals surface area contributed by atoms with E-state index in [-0.39, 0.29) is 0 Å². The van der Waals surface area contributed by atoms with Crippen molar-refractivity contribution in [3.05, 3.63) is 158 Å². The van der Waals surface area contributed by atoms with E-state index in [0.717, 1.165) is 11.2 Å². The summed E-state index contributed by atoms with van der Waals surface area (Å²) in [5.41, 5.74) is 24.0. The summed E-state index contributed by atoms with van der Waals surface area (Å²) in [6.07, 6.45) is 0. The van der Waals surface area contributed by atoms with Gasteiger partial charge in [0.05, 0.1) is 0 Å². The normalized spacial score (nSPS) is 11.3. The van der Waals surface area contributed by atoms with E-state index in [1.807, 2.05) is 0 Å². The fourth-order valence-corrected chi connectivity index (χ4v) is 8.66. The highest BCUT2D eigenvalue weighted by molar-refractivity contribution is 6.67. The zero-order valence-electron chi connectivity index (χ0n) is 32.4. The quantitative estimate of drug-likeness (QED) is 0.244. The highest BCUT2D eigenvalue weighted by Crippen LogP contribution is 2.39. The monoisotopic (exact) mass is 696 g/mol. The van der Waals surface area contributed by atoms with Crippen molar-refractivity contribution in [2.45, 2.75) is 0 Å². The molecule has 0 spiro atoms. The summed E-state index contributed by atoms with van der Waals surface area (Å²) in [5, 5.41) is 2.45. The molecule has 254 valence electrons. The second-order valence-electron chi connectivity index (χ2n) is 15.1. The van der Waals surface area contributed by atoms with Gasteiger partial charge in [0.1, 0.15) is 58.2 Å². The van der Waals surface area contributed by atoms with E-state index in [1.54, 1.807) is 0 Å². The van der Waals surface area contributed by atoms with Gasteiger partial charge in [-0.05, 0) is 90.4 Å². The van der Waals surface area contributed by atoms with Gasteiger partial charge in [0.25, 0.3) is 0 Å². The maximum Gasteiger partial charge on any atom is 0.145 e. The van der Waals surface area contributed by atoms with Crippen molar-refractivity contribution >= 4 is 102 Å². The summed E-state index contributed by atoms with van der Waals surface area (Å²) in [6, 6.07) is 57.2. The van der Waals surface area contributed by atoms with E-state index >= 15 is 0 Å². The minimum absolute atomic E-state index is 0.969. The second-order valence-corrected chi connectivity index (χ2v) is 15.1. The van der Waals surface area contributed by atoms with Crippen molar-refractivity contribution in [2.24, 2.45) is 0 Å². The van der Waals surface area contributed by atoms with Gasteiger partial charge in [-0.2, -0.15) is 0 Å². The Labute approximate surface area is 329 Å². The van der Waals surface area contributed by atoms with Crippen molar-refractivity contribution in [2.75, 3.05) is 0 Å². The van der Waals surface area contributed by atoms with Crippen molar-refractivity contribution in [1.29, 1.82) is 0 Å². The molecule has 0 saturated heterocycles. The molecule has 1 nitrogen and oxygen atoms in total. The van der Waals surface area contributed by atoms with Gasteiger partial charge in [-0.3, -0.25) is 0 Å². The van der Waals surface area contributed by atoms with Gasteiger partial charge in [0, 0.05) is 10.8 Å². The zero-order valence-corrected chi connectivity index (χ0v) is 32.4. The smallest absolute Gasteiger partial charge is 0.145 e. The van der Waals surface area contributed by atoms with Gasteiger partial charge in [-0.15, -0.1) is 5.46 Å². The van der Waals surface area contributed by atoms with Crippen LogP contribution in [0.25, 0.3) is 88.7 Å². The molecule has 0 radical (unpaired) electrons. The number of furan rings is 1. The number of rotatable bonds is 6. The summed E-state index contributed by atoms with van der Waals surface area (Å²) >= 11 is 0. The molecule has 9 rings (SSSR count). The minimum atomic E-state index is 0.969. The molecule has 55 heavy (non-hydrogen) atoms. The van der Waals surface area contributed by atoms with Crippen LogP contribution in [0.1, 0.15) is 0 Å². The lowest BCUT2D eigenvalue weighted by molar-refractivity contribution is 0.675. The van der Waals surface area contributed by atoms with Crippen LogP contribution in [0.5, 0.6) is 0 Å². The number of fused-ring (bicyclic) bond motifs is 3. The summed E-state index contributed by atoms with van der Waals surface area (Å²) in [5.74, 6) is 0. The molecule has 1 heterocycles. The Hall–Kier alpha value is -6.05. The molecule has 0 fully saturated rings. The number of benzene rings is 8. The molecule has 0 amide bonds. The fourth-order valence-electron chi connectivity index (χ4n) is 8.66. The van der Waals surface area contributed by atoms with Crippen LogP contribution < -0.4 is 32.8 Å². The standard InChI is InChI=1S/C48H38B6O/c49-41-37(33-14-8-3-9-15-33)39-40-42(50)44(52)45(53)46(54)48(40)55-47(39)43(51)38(41)36-25-34(31-20-16-29(17-21-31)27-10-4-1-5-11-27)24-35(26-36)32-22-18-30(19-23-32)28-12-6-2-7-13-28/h1-26H,49-54H2. The molecular weight excluding hydrogens is 657 g/mol. The highest BCUT2D eigenvalue weighted by atomic mass is 16.3. The predicted octanol–water partition coefficient (Wildman–Crippen LogP) is 3.14. The third-order valence-electron chi connectivity index (χ3n) is 12.0. The van der Waals surface area contributed by atoms with Gasteiger partial charge in [-0.25, -0.2) is 0 Å². The lowest BCUT2D eigenvalue weighted by atomic mass is 9.65. The molecule has 0 bridgehead atoms. The third-order valence-corrected chi connectivity index (χ3v) is 12.0. The number of hydrogen-bond donors (Lipinski definition) is 0. The average Bonchev–Trinajstić information content (AvgIpc) is 3.64. The Kier molecular flexibility index (Phi) is 8.82. The van der Waals surface area contributed by atoms with Gasteiger partial charge >= 0.3 is 0 Å². The first-order chi connectivity index (χ1) is 26.8. The maximum atomic E-state index is 7.05. The lowest BCUT2D eigenvalue weighted by Gasteiger charge is -2.20. The zero-order chi connectivity index (χ0) is 37.8. The first-order valence-electron chi connectivity index (χ1n) is 19.3. The Bertz CT molecular complexity index is 2780. The Morgan fingerprint density at radius 2 is 0.618 bits per heavy atom. The molecule has 9 aromatic rings. The summed E-state index contributed by atoms with van der Waals surface area (Å²) in [7, 11) is 13.5. The van der Waals surface area contributed by atoms with Crippen molar-refractivity contribution in [1.82, 2.24) is 0 Å². The topological polar surface area (TPSA) is 13.1 Å². The molecule has 0 saturated carbocycles. The van der Waals surface area contributed by atoms with Crippen LogP contribution in [0.15, 0.2) is 162 Å². The van der Waals surface area contributed by atoms with E-state index in [1.165, 1.54) is 110 Å². The van der Waals surface area contributed by atoms with Gasteiger partial charge in [0.2, 0.25) is 0 Å². The highest BCUT2D eigenvalue weighted by Gasteiger charge is 2.25. The SMILES string of the molecule is Bc1c(B)c(B)c2c(oc3c(B)c(-c4cc(-c5ccc(-c6ccccc6)cc5)cc(-c5ccc(-c6ccccc6)cc5)c4)c(B)c(-c4ccccc4)c32)c1B. The molecule has 7 heteroatoms. The molecule has 0 aliphatic heterocycles. The Morgan fingerprint density at radius 1 is 0.255 bits per heavy atom. The van der Waals surface area contributed by atoms with E-state index in [0.29, 0.717) is 0 Å². The van der Waals surface area contributed by atoms with Crippen LogP contribution >= 0.6 is 0 Å². The van der Waals surface area contributed by atoms with Crippen LogP contribution in [0.3, 0.4) is 0 Å². The molecule has 8 aromatic carbocycles. The van der Waals surface area contributed by atoms with Crippen LogP contribution in [0.4, 0.5) is 0 Å². The van der Waals surface area contributed by atoms with Crippen LogP contribution in [0, 0.1) is 0 Å². The van der Waals surface area contributed by atoms with Crippen molar-refractivity contribution in [3.63, 3.8) is 0 Å². The van der Waals surface area contributed by atoms with Crippen LogP contribution in [-0.4, -0.2) is 47.1 Å². The van der Waals surface area contributed by atoms with Crippen LogP contribution in [-0.2, 0) is 0 Å². The molecule has 0 aliphatic carbocycles. The Balaban J connectivity index is 1.31. The van der Waals surface area contributed by atoms with Gasteiger partial charge < -0.3 is 4.42 Å². The van der Waals surface area contributed by atoms with E-state index < -0.39 is 0 Å². The van der Waals surface area contributed by atoms with E-state index in [9.17, 15) is 0 Å². The maximum absolute atomic E-state index is 7.05. The third kappa shape index (κ3) is 6.00. The van der Waals surface area contributed by atoms with Crippen molar-refractivity contribution < 1.29 is 4.42 Å². The van der Waals surface area contributed by atoms with E-state index in [2.05, 4.69) is 205 Å².